The Hall–Kier alpha value is -1.31. The number of nitrogens with zero attached hydrogens (tertiary/aromatic N) is 2. The first kappa shape index (κ1) is 17.7. The Morgan fingerprint density at radius 3 is 2.57 bits per heavy atom. The fourth-order valence-electron chi connectivity index (χ4n) is 2.21. The number of para-hydroxylation sites is 1. The summed E-state index contributed by atoms with van der Waals surface area (Å²) in [4.78, 5) is 18.0. The molecule has 1 aromatic rings. The van der Waals surface area contributed by atoms with Crippen molar-refractivity contribution in [2.24, 2.45) is 16.6 Å². The van der Waals surface area contributed by atoms with Crippen molar-refractivity contribution in [3.63, 3.8) is 0 Å². The monoisotopic (exact) mass is 402 g/mol. The molecule has 0 aliphatic carbocycles. The van der Waals surface area contributed by atoms with E-state index in [1.54, 1.807) is 0 Å². The lowest BCUT2D eigenvalue weighted by Crippen LogP contribution is -2.42. The Morgan fingerprint density at radius 2 is 1.95 bits per heavy atom. The van der Waals surface area contributed by atoms with Gasteiger partial charge in [-0.1, -0.05) is 25.1 Å². The second-order valence-corrected chi connectivity index (χ2v) is 5.26. The molecule has 0 spiro atoms. The number of hydrogen-bond donors (Lipinski definition) is 2. The van der Waals surface area contributed by atoms with Crippen LogP contribution in [0.25, 0.3) is 0 Å². The van der Waals surface area contributed by atoms with Gasteiger partial charge in [0.1, 0.15) is 6.54 Å². The highest BCUT2D eigenvalue weighted by molar-refractivity contribution is 14.0. The molecule has 1 saturated heterocycles. The third-order valence-electron chi connectivity index (χ3n) is 3.55. The van der Waals surface area contributed by atoms with E-state index < -0.39 is 0 Å². The number of rotatable bonds is 3. The Morgan fingerprint density at radius 1 is 1.33 bits per heavy atom. The SMILES string of the molecule is CC1CCN(C(N)=NCC(=O)Nc2ccccc2)CC1.I. The average molecular weight is 402 g/mol. The maximum Gasteiger partial charge on any atom is 0.246 e. The van der Waals surface area contributed by atoms with E-state index in [0.29, 0.717) is 5.96 Å². The summed E-state index contributed by atoms with van der Waals surface area (Å²) in [5, 5.41) is 2.79. The lowest BCUT2D eigenvalue weighted by molar-refractivity contribution is -0.114. The summed E-state index contributed by atoms with van der Waals surface area (Å²) in [6.45, 7) is 4.17. The summed E-state index contributed by atoms with van der Waals surface area (Å²) in [6, 6.07) is 9.35. The molecule has 0 atom stereocenters. The van der Waals surface area contributed by atoms with Crippen LogP contribution in [-0.2, 0) is 4.79 Å². The van der Waals surface area contributed by atoms with Crippen molar-refractivity contribution in [3.8, 4) is 0 Å². The molecular weight excluding hydrogens is 379 g/mol. The van der Waals surface area contributed by atoms with Gasteiger partial charge in [-0.25, -0.2) is 4.99 Å². The van der Waals surface area contributed by atoms with E-state index in [-0.39, 0.29) is 36.4 Å². The van der Waals surface area contributed by atoms with Gasteiger partial charge in [0.05, 0.1) is 0 Å². The average Bonchev–Trinajstić information content (AvgIpc) is 2.46. The number of piperidine rings is 1. The quantitative estimate of drug-likeness (QED) is 0.463. The number of nitrogens with two attached hydrogens (primary N) is 1. The van der Waals surface area contributed by atoms with Crippen molar-refractivity contribution in [3.05, 3.63) is 30.3 Å². The number of halogens is 1. The summed E-state index contributed by atoms with van der Waals surface area (Å²) in [5.41, 5.74) is 6.71. The second kappa shape index (κ2) is 8.86. The number of amides is 1. The fraction of sp³-hybridized carbons (Fsp3) is 0.467. The molecule has 2 rings (SSSR count). The van der Waals surface area contributed by atoms with Gasteiger partial charge in [-0.2, -0.15) is 0 Å². The van der Waals surface area contributed by atoms with E-state index in [9.17, 15) is 4.79 Å². The van der Waals surface area contributed by atoms with Gasteiger partial charge in [-0.05, 0) is 30.9 Å². The fourth-order valence-corrected chi connectivity index (χ4v) is 2.21. The second-order valence-electron chi connectivity index (χ2n) is 5.26. The predicted molar refractivity (Wildman–Crippen MR) is 96.9 cm³/mol. The molecule has 1 fully saturated rings. The molecule has 0 aromatic heterocycles. The van der Waals surface area contributed by atoms with Crippen molar-refractivity contribution in [2.45, 2.75) is 19.8 Å². The van der Waals surface area contributed by atoms with Crippen LogP contribution in [0.2, 0.25) is 0 Å². The number of hydrogen-bond acceptors (Lipinski definition) is 2. The molecule has 0 saturated carbocycles. The number of benzene rings is 1. The number of likely N-dealkylation sites (tertiary alicyclic amines) is 1. The third kappa shape index (κ3) is 5.91. The first-order valence-corrected chi connectivity index (χ1v) is 7.05. The van der Waals surface area contributed by atoms with Crippen LogP contribution < -0.4 is 11.1 Å². The van der Waals surface area contributed by atoms with Crippen molar-refractivity contribution in [1.82, 2.24) is 4.90 Å². The summed E-state index contributed by atoms with van der Waals surface area (Å²) in [6.07, 6.45) is 2.26. The van der Waals surface area contributed by atoms with Crippen molar-refractivity contribution >= 4 is 41.5 Å². The van der Waals surface area contributed by atoms with Gasteiger partial charge in [-0.15, -0.1) is 24.0 Å². The smallest absolute Gasteiger partial charge is 0.246 e. The Bertz CT molecular complexity index is 470. The molecule has 1 aliphatic rings. The van der Waals surface area contributed by atoms with Gasteiger partial charge < -0.3 is 16.0 Å². The zero-order chi connectivity index (χ0) is 14.4. The van der Waals surface area contributed by atoms with Crippen LogP contribution in [0, 0.1) is 5.92 Å². The lowest BCUT2D eigenvalue weighted by atomic mass is 10.00. The van der Waals surface area contributed by atoms with Crippen LogP contribution in [0.4, 0.5) is 5.69 Å². The highest BCUT2D eigenvalue weighted by Crippen LogP contribution is 2.15. The Labute approximate surface area is 143 Å². The molecule has 0 unspecified atom stereocenters. The van der Waals surface area contributed by atoms with Crippen LogP contribution in [0.3, 0.4) is 0 Å². The number of aliphatic imine (C=N–C) groups is 1. The van der Waals surface area contributed by atoms with Crippen molar-refractivity contribution in [1.29, 1.82) is 0 Å². The zero-order valence-electron chi connectivity index (χ0n) is 12.3. The van der Waals surface area contributed by atoms with Crippen LogP contribution in [0.15, 0.2) is 35.3 Å². The molecule has 21 heavy (non-hydrogen) atoms. The molecule has 1 amide bonds. The first-order chi connectivity index (χ1) is 9.65. The van der Waals surface area contributed by atoms with Crippen molar-refractivity contribution < 1.29 is 4.79 Å². The molecule has 116 valence electrons. The number of nitrogens with one attached hydrogen (secondary N) is 1. The predicted octanol–water partition coefficient (Wildman–Crippen LogP) is 2.29. The number of carbonyl (C=O) groups is 1. The summed E-state index contributed by atoms with van der Waals surface area (Å²) >= 11 is 0. The maximum atomic E-state index is 11.8. The van der Waals surface area contributed by atoms with Crippen LogP contribution in [-0.4, -0.2) is 36.4 Å². The highest BCUT2D eigenvalue weighted by atomic mass is 127. The molecular formula is C15H23IN4O. The largest absolute Gasteiger partial charge is 0.370 e. The Kier molecular flexibility index (Phi) is 7.49. The van der Waals surface area contributed by atoms with Gasteiger partial charge in [-0.3, -0.25) is 4.79 Å². The van der Waals surface area contributed by atoms with Gasteiger partial charge in [0.15, 0.2) is 5.96 Å². The van der Waals surface area contributed by atoms with E-state index in [2.05, 4.69) is 22.1 Å². The van der Waals surface area contributed by atoms with E-state index >= 15 is 0 Å². The molecule has 0 bridgehead atoms. The number of carbonyl (C=O) groups excluding carboxylic acids is 1. The Balaban J connectivity index is 0.00000220. The summed E-state index contributed by atoms with van der Waals surface area (Å²) in [5.74, 6) is 1.07. The van der Waals surface area contributed by atoms with Crippen LogP contribution in [0.5, 0.6) is 0 Å². The summed E-state index contributed by atoms with van der Waals surface area (Å²) in [7, 11) is 0. The molecule has 1 heterocycles. The molecule has 3 N–H and O–H groups in total. The molecule has 1 aromatic carbocycles. The number of anilines is 1. The standard InChI is InChI=1S/C15H22N4O.HI/c1-12-7-9-19(10-8-12)15(16)17-11-14(20)18-13-5-3-2-4-6-13;/h2-6,12H,7-11H2,1H3,(H2,16,17)(H,18,20);1H. The minimum Gasteiger partial charge on any atom is -0.370 e. The molecule has 0 radical (unpaired) electrons. The lowest BCUT2D eigenvalue weighted by Gasteiger charge is -2.30. The van der Waals surface area contributed by atoms with Gasteiger partial charge in [0.2, 0.25) is 5.91 Å². The first-order valence-electron chi connectivity index (χ1n) is 7.05. The zero-order valence-corrected chi connectivity index (χ0v) is 14.6. The van der Waals surface area contributed by atoms with Crippen molar-refractivity contribution in [2.75, 3.05) is 25.0 Å². The van der Waals surface area contributed by atoms with E-state index in [1.165, 1.54) is 0 Å². The van der Waals surface area contributed by atoms with E-state index in [4.69, 9.17) is 5.73 Å². The highest BCUT2D eigenvalue weighted by Gasteiger charge is 2.17. The van der Waals surface area contributed by atoms with Gasteiger partial charge in [0.25, 0.3) is 0 Å². The molecule has 1 aliphatic heterocycles. The molecule has 6 heteroatoms. The van der Waals surface area contributed by atoms with E-state index in [0.717, 1.165) is 37.5 Å². The van der Waals surface area contributed by atoms with E-state index in [1.807, 2.05) is 30.3 Å². The normalized spacial score (nSPS) is 16.2. The summed E-state index contributed by atoms with van der Waals surface area (Å²) < 4.78 is 0. The maximum absolute atomic E-state index is 11.8. The van der Waals surface area contributed by atoms with Gasteiger partial charge >= 0.3 is 0 Å². The van der Waals surface area contributed by atoms with Crippen LogP contribution in [0.1, 0.15) is 19.8 Å². The van der Waals surface area contributed by atoms with Crippen LogP contribution >= 0.6 is 24.0 Å². The molecule has 5 nitrogen and oxygen atoms in total. The third-order valence-corrected chi connectivity index (χ3v) is 3.55. The number of guanidine groups is 1. The van der Waals surface area contributed by atoms with Gasteiger partial charge in [0, 0.05) is 18.8 Å². The topological polar surface area (TPSA) is 70.7 Å². The minimum atomic E-state index is -0.149. The minimum absolute atomic E-state index is 0.